The van der Waals surface area contributed by atoms with Gasteiger partial charge >= 0.3 is 0 Å². The summed E-state index contributed by atoms with van der Waals surface area (Å²) in [5.74, 6) is 0.575. The molecular formula is C43H80N2O. The lowest BCUT2D eigenvalue weighted by Crippen LogP contribution is -2.14. The van der Waals surface area contributed by atoms with Crippen LogP contribution in [0.4, 0.5) is 0 Å². The fraction of sp³-hybridized carbons (Fsp3) is 0.791. The van der Waals surface area contributed by atoms with E-state index in [9.17, 15) is 0 Å². The van der Waals surface area contributed by atoms with Crippen molar-refractivity contribution < 1.29 is 4.84 Å². The Hall–Kier alpha value is -1.61. The van der Waals surface area contributed by atoms with Gasteiger partial charge in [0.15, 0.2) is 0 Å². The van der Waals surface area contributed by atoms with Crippen LogP contribution in [0.25, 0.3) is 0 Å². The molecule has 0 spiro atoms. The third-order valence-electron chi connectivity index (χ3n) is 8.74. The molecule has 0 aromatic rings. The van der Waals surface area contributed by atoms with Crippen LogP contribution in [0.15, 0.2) is 53.8 Å². The summed E-state index contributed by atoms with van der Waals surface area (Å²) in [5, 5.41) is 4.39. The molecule has 0 fully saturated rings. The maximum atomic E-state index is 5.60. The fourth-order valence-corrected chi connectivity index (χ4v) is 5.71. The highest BCUT2D eigenvalue weighted by Gasteiger charge is 2.07. The van der Waals surface area contributed by atoms with Crippen molar-refractivity contribution >= 4 is 6.21 Å². The molecule has 46 heavy (non-hydrogen) atoms. The molecule has 0 heterocycles. The summed E-state index contributed by atoms with van der Waals surface area (Å²) in [6.07, 6.45) is 56.0. The van der Waals surface area contributed by atoms with Gasteiger partial charge in [-0.25, -0.2) is 0 Å². The smallest absolute Gasteiger partial charge is 0.118 e. The van der Waals surface area contributed by atoms with Crippen molar-refractivity contribution in [2.45, 2.75) is 187 Å². The second-order valence-corrected chi connectivity index (χ2v) is 13.8. The second-order valence-electron chi connectivity index (χ2n) is 13.8. The van der Waals surface area contributed by atoms with Gasteiger partial charge in [-0.1, -0.05) is 158 Å². The molecule has 0 N–H and O–H groups in total. The molecule has 0 bridgehead atoms. The quantitative estimate of drug-likeness (QED) is 0.0294. The highest BCUT2D eigenvalue weighted by Crippen LogP contribution is 2.19. The van der Waals surface area contributed by atoms with Gasteiger partial charge < -0.3 is 9.74 Å². The number of allylic oxidation sites excluding steroid dienone is 8. The minimum absolute atomic E-state index is 0.575. The summed E-state index contributed by atoms with van der Waals surface area (Å²) >= 11 is 0. The zero-order valence-electron chi connectivity index (χ0n) is 31.6. The number of unbranched alkanes of at least 4 members (excludes halogenated alkanes) is 18. The van der Waals surface area contributed by atoms with Crippen molar-refractivity contribution in [1.29, 1.82) is 0 Å². The lowest BCUT2D eigenvalue weighted by Gasteiger charge is -2.12. The van der Waals surface area contributed by atoms with Crippen molar-refractivity contribution in [2.24, 2.45) is 11.1 Å². The van der Waals surface area contributed by atoms with E-state index in [1.165, 1.54) is 154 Å². The first-order valence-electron chi connectivity index (χ1n) is 20.1. The van der Waals surface area contributed by atoms with E-state index in [4.69, 9.17) is 4.84 Å². The summed E-state index contributed by atoms with van der Waals surface area (Å²) in [4.78, 5) is 7.81. The monoisotopic (exact) mass is 641 g/mol. The van der Waals surface area contributed by atoms with Crippen molar-refractivity contribution in [3.63, 3.8) is 0 Å². The third kappa shape index (κ3) is 38.6. The van der Waals surface area contributed by atoms with Gasteiger partial charge in [-0.15, -0.1) is 0 Å². The van der Waals surface area contributed by atoms with Crippen molar-refractivity contribution in [2.75, 3.05) is 27.2 Å². The summed E-state index contributed by atoms with van der Waals surface area (Å²) in [5.41, 5.74) is 0. The highest BCUT2D eigenvalue weighted by molar-refractivity contribution is 5.59. The Kier molecular flexibility index (Phi) is 38.2. The SMILES string of the molecule is CCCCC/C=C\C/C=C\CCCCCCCCC(C=NOCCCN(C)C)CCCCCCCC/C=C\C/C=C\CCCCC. The molecule has 0 aliphatic heterocycles. The first kappa shape index (κ1) is 44.4. The molecule has 0 saturated carbocycles. The van der Waals surface area contributed by atoms with E-state index >= 15 is 0 Å². The van der Waals surface area contributed by atoms with E-state index in [0.29, 0.717) is 5.92 Å². The van der Waals surface area contributed by atoms with Crippen molar-refractivity contribution in [1.82, 2.24) is 4.90 Å². The Balaban J connectivity index is 3.98. The van der Waals surface area contributed by atoms with Crippen LogP contribution in [0.5, 0.6) is 0 Å². The summed E-state index contributed by atoms with van der Waals surface area (Å²) in [6.45, 7) is 6.31. The van der Waals surface area contributed by atoms with Gasteiger partial charge in [0.25, 0.3) is 0 Å². The minimum atomic E-state index is 0.575. The third-order valence-corrected chi connectivity index (χ3v) is 8.74. The van der Waals surface area contributed by atoms with Gasteiger partial charge in [0.1, 0.15) is 6.61 Å². The first-order chi connectivity index (χ1) is 22.7. The van der Waals surface area contributed by atoms with Crippen LogP contribution in [0.1, 0.15) is 187 Å². The molecule has 0 radical (unpaired) electrons. The van der Waals surface area contributed by atoms with Gasteiger partial charge in [0.2, 0.25) is 0 Å². The van der Waals surface area contributed by atoms with Crippen LogP contribution in [-0.2, 0) is 4.84 Å². The lowest BCUT2D eigenvalue weighted by molar-refractivity contribution is 0.135. The van der Waals surface area contributed by atoms with Gasteiger partial charge in [-0.05, 0) is 103 Å². The number of oxime groups is 1. The molecule has 0 rings (SSSR count). The molecule has 0 aromatic heterocycles. The predicted molar refractivity (Wildman–Crippen MR) is 209 cm³/mol. The van der Waals surface area contributed by atoms with Gasteiger partial charge in [-0.2, -0.15) is 0 Å². The van der Waals surface area contributed by atoms with Crippen LogP contribution < -0.4 is 0 Å². The molecule has 0 aliphatic rings. The first-order valence-corrected chi connectivity index (χ1v) is 20.1. The fourth-order valence-electron chi connectivity index (χ4n) is 5.71. The van der Waals surface area contributed by atoms with Crippen LogP contribution in [0.2, 0.25) is 0 Å². The Morgan fingerprint density at radius 1 is 0.478 bits per heavy atom. The van der Waals surface area contributed by atoms with Crippen LogP contribution in [0.3, 0.4) is 0 Å². The molecule has 0 atom stereocenters. The predicted octanol–water partition coefficient (Wildman–Crippen LogP) is 14.0. The number of hydrogen-bond donors (Lipinski definition) is 0. The van der Waals surface area contributed by atoms with E-state index in [2.05, 4.69) is 92.8 Å². The standard InChI is InChI=1S/C43H80N2O/c1-5-7-9-11-13-15-17-19-21-23-25-27-29-31-33-35-38-43(42-44-46-41-37-40-45(3)4)39-36-34-32-30-28-26-24-22-20-18-16-14-12-10-8-6-2/h13-16,19-22,42-43H,5-12,17-18,23-41H2,1-4H3/b15-13-,16-14-,21-19-,22-20-,44-42?. The maximum Gasteiger partial charge on any atom is 0.118 e. The molecule has 0 amide bonds. The Bertz CT molecular complexity index is 672. The van der Waals surface area contributed by atoms with E-state index in [1.807, 2.05) is 0 Å². The molecule has 0 aromatic carbocycles. The van der Waals surface area contributed by atoms with Gasteiger partial charge in [0.05, 0.1) is 0 Å². The zero-order chi connectivity index (χ0) is 33.4. The largest absolute Gasteiger partial charge is 0.396 e. The molecule has 0 unspecified atom stereocenters. The maximum absolute atomic E-state index is 5.60. The van der Waals surface area contributed by atoms with Crippen LogP contribution >= 0.6 is 0 Å². The Labute approximate surface area is 289 Å². The van der Waals surface area contributed by atoms with Crippen molar-refractivity contribution in [3.05, 3.63) is 48.6 Å². The normalized spacial score (nSPS) is 12.7. The van der Waals surface area contributed by atoms with Crippen molar-refractivity contribution in [3.8, 4) is 0 Å². The second kappa shape index (κ2) is 39.6. The number of nitrogens with zero attached hydrogens (tertiary/aromatic N) is 2. The van der Waals surface area contributed by atoms with Crippen LogP contribution in [0, 0.1) is 5.92 Å². The van der Waals surface area contributed by atoms with Gasteiger partial charge in [-0.3, -0.25) is 0 Å². The summed E-state index contributed by atoms with van der Waals surface area (Å²) in [7, 11) is 4.22. The molecule has 3 heteroatoms. The zero-order valence-corrected chi connectivity index (χ0v) is 31.6. The molecule has 3 nitrogen and oxygen atoms in total. The number of hydrogen-bond acceptors (Lipinski definition) is 3. The topological polar surface area (TPSA) is 24.8 Å². The van der Waals surface area contributed by atoms with E-state index in [0.717, 1.165) is 32.4 Å². The van der Waals surface area contributed by atoms with E-state index in [-0.39, 0.29) is 0 Å². The average Bonchev–Trinajstić information content (AvgIpc) is 3.05. The molecule has 0 aliphatic carbocycles. The summed E-state index contributed by atoms with van der Waals surface area (Å²) in [6, 6.07) is 0. The number of rotatable bonds is 36. The average molecular weight is 641 g/mol. The molecule has 268 valence electrons. The van der Waals surface area contributed by atoms with Gasteiger partial charge in [0, 0.05) is 12.8 Å². The van der Waals surface area contributed by atoms with Crippen LogP contribution in [-0.4, -0.2) is 38.4 Å². The highest BCUT2D eigenvalue weighted by atomic mass is 16.6. The molecular weight excluding hydrogens is 560 g/mol. The molecule has 0 saturated heterocycles. The Morgan fingerprint density at radius 2 is 0.870 bits per heavy atom. The minimum Gasteiger partial charge on any atom is -0.396 e. The van der Waals surface area contributed by atoms with E-state index < -0.39 is 0 Å². The lowest BCUT2D eigenvalue weighted by atomic mass is 9.95. The van der Waals surface area contributed by atoms with E-state index in [1.54, 1.807) is 0 Å². The summed E-state index contributed by atoms with van der Waals surface area (Å²) < 4.78 is 0. The Morgan fingerprint density at radius 3 is 1.28 bits per heavy atom.